The molecule has 1 rings (SSSR count). The first kappa shape index (κ1) is 14.9. The number of urea groups is 1. The van der Waals surface area contributed by atoms with Crippen LogP contribution in [0.5, 0.6) is 0 Å². The van der Waals surface area contributed by atoms with Crippen molar-refractivity contribution in [3.8, 4) is 0 Å². The second kappa shape index (κ2) is 6.72. The maximum Gasteiger partial charge on any atom is 0.326 e. The fraction of sp³-hybridized carbons (Fsp3) is 0.818. The lowest BCUT2D eigenvalue weighted by atomic mass is 10.2. The molecule has 18 heavy (non-hydrogen) atoms. The molecule has 1 aliphatic rings. The highest BCUT2D eigenvalue weighted by Gasteiger charge is 2.33. The number of nitrogens with zero attached hydrogens (tertiary/aromatic N) is 1. The summed E-state index contributed by atoms with van der Waals surface area (Å²) < 4.78 is 11.1. The van der Waals surface area contributed by atoms with Crippen LogP contribution in [0.15, 0.2) is 0 Å². The van der Waals surface area contributed by atoms with Crippen molar-refractivity contribution in [3.05, 3.63) is 0 Å². The van der Waals surface area contributed by atoms with Gasteiger partial charge >= 0.3 is 12.0 Å². The number of aliphatic carboxylic acids is 1. The summed E-state index contributed by atoms with van der Waals surface area (Å²) in [6.07, 6.45) is 3.49. The molecule has 3 unspecified atom stereocenters. The number of carboxylic acid groups (broad SMARTS) is 1. The van der Waals surface area contributed by atoms with Crippen LogP contribution in [0.2, 0.25) is 0 Å². The lowest BCUT2D eigenvalue weighted by molar-refractivity contribution is -0.141. The van der Waals surface area contributed by atoms with E-state index in [-0.39, 0.29) is 11.3 Å². The van der Waals surface area contributed by atoms with Gasteiger partial charge in [-0.1, -0.05) is 6.92 Å². The molecule has 2 amide bonds. The van der Waals surface area contributed by atoms with Gasteiger partial charge < -0.3 is 15.3 Å². The SMILES string of the molecule is CC(CCNC(=O)N1CCCC1C(=O)O)S(C)=O. The monoisotopic (exact) mass is 276 g/mol. The Bertz CT molecular complexity index is 348. The smallest absolute Gasteiger partial charge is 0.326 e. The number of carbonyl (C=O) groups excluding carboxylic acids is 1. The Morgan fingerprint density at radius 2 is 2.22 bits per heavy atom. The van der Waals surface area contributed by atoms with Crippen LogP contribution < -0.4 is 5.32 Å². The summed E-state index contributed by atoms with van der Waals surface area (Å²) >= 11 is 0. The average molecular weight is 276 g/mol. The van der Waals surface area contributed by atoms with Gasteiger partial charge in [0.05, 0.1) is 0 Å². The zero-order valence-corrected chi connectivity index (χ0v) is 11.5. The lowest BCUT2D eigenvalue weighted by Gasteiger charge is -2.22. The highest BCUT2D eigenvalue weighted by Crippen LogP contribution is 2.17. The minimum absolute atomic E-state index is 0.0270. The van der Waals surface area contributed by atoms with Gasteiger partial charge in [-0.25, -0.2) is 9.59 Å². The van der Waals surface area contributed by atoms with Gasteiger partial charge in [-0.2, -0.15) is 0 Å². The van der Waals surface area contributed by atoms with Crippen molar-refractivity contribution in [3.63, 3.8) is 0 Å². The van der Waals surface area contributed by atoms with Gasteiger partial charge in [-0.15, -0.1) is 0 Å². The van der Waals surface area contributed by atoms with E-state index in [4.69, 9.17) is 5.11 Å². The Morgan fingerprint density at radius 3 is 2.78 bits per heavy atom. The van der Waals surface area contributed by atoms with Crippen molar-refractivity contribution >= 4 is 22.8 Å². The Balaban J connectivity index is 2.37. The first-order valence-corrected chi connectivity index (χ1v) is 7.65. The normalized spacial score (nSPS) is 22.6. The molecule has 3 atom stereocenters. The number of amides is 2. The van der Waals surface area contributed by atoms with Crippen LogP contribution in [0.4, 0.5) is 4.79 Å². The van der Waals surface area contributed by atoms with E-state index >= 15 is 0 Å². The molecule has 0 aliphatic carbocycles. The van der Waals surface area contributed by atoms with Crippen LogP contribution >= 0.6 is 0 Å². The summed E-state index contributed by atoms with van der Waals surface area (Å²) in [5.41, 5.74) is 0. The van der Waals surface area contributed by atoms with E-state index in [9.17, 15) is 13.8 Å². The van der Waals surface area contributed by atoms with Crippen LogP contribution in [0.3, 0.4) is 0 Å². The molecule has 2 N–H and O–H groups in total. The highest BCUT2D eigenvalue weighted by molar-refractivity contribution is 7.84. The lowest BCUT2D eigenvalue weighted by Crippen LogP contribution is -2.46. The van der Waals surface area contributed by atoms with Gasteiger partial charge in [-0.3, -0.25) is 4.21 Å². The van der Waals surface area contributed by atoms with Crippen LogP contribution in [-0.2, 0) is 15.6 Å². The van der Waals surface area contributed by atoms with Crippen LogP contribution in [0.1, 0.15) is 26.2 Å². The number of rotatable bonds is 5. The Hall–Kier alpha value is -1.11. The van der Waals surface area contributed by atoms with Crippen molar-refractivity contribution in [2.45, 2.75) is 37.5 Å². The van der Waals surface area contributed by atoms with Crippen molar-refractivity contribution in [2.75, 3.05) is 19.3 Å². The second-order valence-electron chi connectivity index (χ2n) is 4.52. The van der Waals surface area contributed by atoms with Crippen molar-refractivity contribution in [1.82, 2.24) is 10.2 Å². The minimum atomic E-state index is -0.953. The number of carbonyl (C=O) groups is 2. The zero-order valence-electron chi connectivity index (χ0n) is 10.7. The first-order valence-electron chi connectivity index (χ1n) is 6.03. The number of hydrogen-bond donors (Lipinski definition) is 2. The predicted molar refractivity (Wildman–Crippen MR) is 68.9 cm³/mol. The number of nitrogens with one attached hydrogen (secondary N) is 1. The van der Waals surface area contributed by atoms with E-state index < -0.39 is 22.8 Å². The molecular weight excluding hydrogens is 256 g/mol. The molecule has 1 aliphatic heterocycles. The molecule has 0 spiro atoms. The molecule has 0 aromatic carbocycles. The topological polar surface area (TPSA) is 86.7 Å². The van der Waals surface area contributed by atoms with Crippen molar-refractivity contribution in [2.24, 2.45) is 0 Å². The third-order valence-electron chi connectivity index (χ3n) is 3.19. The second-order valence-corrected chi connectivity index (χ2v) is 6.32. The van der Waals surface area contributed by atoms with Crippen LogP contribution in [0, 0.1) is 0 Å². The third-order valence-corrected chi connectivity index (χ3v) is 4.56. The van der Waals surface area contributed by atoms with Crippen molar-refractivity contribution in [1.29, 1.82) is 0 Å². The Labute approximate surface area is 109 Å². The van der Waals surface area contributed by atoms with Gasteiger partial charge in [0.15, 0.2) is 0 Å². The number of likely N-dealkylation sites (tertiary alicyclic amines) is 1. The van der Waals surface area contributed by atoms with Gasteiger partial charge in [-0.05, 0) is 19.3 Å². The summed E-state index contributed by atoms with van der Waals surface area (Å²) in [5.74, 6) is -0.953. The first-order chi connectivity index (χ1) is 8.43. The molecule has 6 nitrogen and oxygen atoms in total. The molecule has 7 heteroatoms. The molecule has 1 fully saturated rings. The molecule has 0 aromatic rings. The standard InChI is InChI=1S/C11H20N2O4S/c1-8(18(2)17)5-6-12-11(16)13-7-3-4-9(13)10(14)15/h8-9H,3-7H2,1-2H3,(H,12,16)(H,14,15). The molecule has 0 bridgehead atoms. The molecular formula is C11H20N2O4S. The summed E-state index contributed by atoms with van der Waals surface area (Å²) in [4.78, 5) is 24.1. The Kier molecular flexibility index (Phi) is 5.58. The quantitative estimate of drug-likeness (QED) is 0.761. The van der Waals surface area contributed by atoms with Gasteiger partial charge in [0.25, 0.3) is 0 Å². The van der Waals surface area contributed by atoms with E-state index in [1.54, 1.807) is 6.26 Å². The maximum absolute atomic E-state index is 11.8. The minimum Gasteiger partial charge on any atom is -0.480 e. The van der Waals surface area contributed by atoms with Gasteiger partial charge in [0.2, 0.25) is 0 Å². The van der Waals surface area contributed by atoms with E-state index in [2.05, 4.69) is 5.32 Å². The fourth-order valence-electron chi connectivity index (χ4n) is 1.92. The van der Waals surface area contributed by atoms with Gasteiger partial charge in [0, 0.05) is 35.4 Å². The highest BCUT2D eigenvalue weighted by atomic mass is 32.2. The van der Waals surface area contributed by atoms with Crippen molar-refractivity contribution < 1.29 is 18.9 Å². The van der Waals surface area contributed by atoms with Crippen LogP contribution in [-0.4, -0.2) is 56.9 Å². The Morgan fingerprint density at radius 1 is 1.56 bits per heavy atom. The largest absolute Gasteiger partial charge is 0.480 e. The van der Waals surface area contributed by atoms with E-state index in [1.807, 2.05) is 6.92 Å². The summed E-state index contributed by atoms with van der Waals surface area (Å²) in [6.45, 7) is 2.76. The average Bonchev–Trinajstić information content (AvgIpc) is 2.77. The van der Waals surface area contributed by atoms with Crippen LogP contribution in [0.25, 0.3) is 0 Å². The summed E-state index contributed by atoms with van der Waals surface area (Å²) in [7, 11) is -0.900. The van der Waals surface area contributed by atoms with E-state index in [0.717, 1.165) is 6.42 Å². The molecule has 0 radical (unpaired) electrons. The summed E-state index contributed by atoms with van der Waals surface area (Å²) in [5, 5.41) is 11.7. The molecule has 104 valence electrons. The molecule has 0 saturated carbocycles. The molecule has 0 aromatic heterocycles. The van der Waals surface area contributed by atoms with Gasteiger partial charge in [0.1, 0.15) is 6.04 Å². The van der Waals surface area contributed by atoms with E-state index in [0.29, 0.717) is 25.9 Å². The fourth-order valence-corrected chi connectivity index (χ4v) is 2.37. The zero-order chi connectivity index (χ0) is 13.7. The maximum atomic E-state index is 11.8. The van der Waals surface area contributed by atoms with E-state index in [1.165, 1.54) is 4.90 Å². The third kappa shape index (κ3) is 3.97. The molecule has 1 saturated heterocycles. The predicted octanol–water partition coefficient (Wildman–Crippen LogP) is 0.402. The summed E-state index contributed by atoms with van der Waals surface area (Å²) in [6, 6.07) is -1.04. The number of hydrogen-bond acceptors (Lipinski definition) is 3. The number of carboxylic acids is 1. The molecule has 1 heterocycles.